The van der Waals surface area contributed by atoms with Gasteiger partial charge in [-0.3, -0.25) is 4.99 Å². The van der Waals surface area contributed by atoms with Gasteiger partial charge in [-0.1, -0.05) is 53.9 Å². The monoisotopic (exact) mass is 252 g/mol. The lowest BCUT2D eigenvalue weighted by molar-refractivity contribution is -0.305. The molecule has 5 heteroatoms. The highest BCUT2D eigenvalue weighted by Gasteiger charge is 2.18. The van der Waals surface area contributed by atoms with Gasteiger partial charge in [-0.2, -0.15) is 0 Å². The van der Waals surface area contributed by atoms with Gasteiger partial charge in [0.15, 0.2) is 0 Å². The van der Waals surface area contributed by atoms with Crippen molar-refractivity contribution in [3.63, 3.8) is 0 Å². The number of carboxylic acids is 1. The molecule has 84 valence electrons. The third-order valence-electron chi connectivity index (χ3n) is 2.09. The minimum Gasteiger partial charge on any atom is -0.549 e. The van der Waals surface area contributed by atoms with Crippen molar-refractivity contribution in [1.29, 1.82) is 0 Å². The SMILES string of the molecule is O=C([O-])[C@@H](SC1=NCCS1)c1ccccc1. The number of hydrogen-bond donors (Lipinski definition) is 0. The highest BCUT2D eigenvalue weighted by atomic mass is 32.2. The molecule has 0 N–H and O–H groups in total. The minimum absolute atomic E-state index is 0.662. The Labute approximate surface area is 102 Å². The zero-order chi connectivity index (χ0) is 11.4. The standard InChI is InChI=1S/C11H11NO2S2/c13-10(14)9(8-4-2-1-3-5-8)16-11-12-6-7-15-11/h1-5,9H,6-7H2,(H,13,14)/p-1/t9-/m0/s1. The molecule has 0 bridgehead atoms. The molecule has 0 amide bonds. The van der Waals surface area contributed by atoms with Gasteiger partial charge in [0.25, 0.3) is 0 Å². The van der Waals surface area contributed by atoms with Crippen LogP contribution >= 0.6 is 23.5 Å². The van der Waals surface area contributed by atoms with E-state index in [1.54, 1.807) is 23.9 Å². The Morgan fingerprint density at radius 1 is 1.44 bits per heavy atom. The molecule has 0 aromatic heterocycles. The van der Waals surface area contributed by atoms with Crippen molar-refractivity contribution in [2.75, 3.05) is 12.3 Å². The van der Waals surface area contributed by atoms with Crippen molar-refractivity contribution in [2.24, 2.45) is 4.99 Å². The topological polar surface area (TPSA) is 52.5 Å². The van der Waals surface area contributed by atoms with Crippen LogP contribution in [0.4, 0.5) is 0 Å². The van der Waals surface area contributed by atoms with Crippen LogP contribution in [0.5, 0.6) is 0 Å². The predicted octanol–water partition coefficient (Wildman–Crippen LogP) is 1.31. The molecule has 16 heavy (non-hydrogen) atoms. The fourth-order valence-corrected chi connectivity index (χ4v) is 3.48. The van der Waals surface area contributed by atoms with Crippen molar-refractivity contribution in [3.05, 3.63) is 35.9 Å². The summed E-state index contributed by atoms with van der Waals surface area (Å²) < 4.78 is 0.845. The van der Waals surface area contributed by atoms with E-state index in [9.17, 15) is 9.90 Å². The highest BCUT2D eigenvalue weighted by Crippen LogP contribution is 2.34. The van der Waals surface area contributed by atoms with E-state index in [-0.39, 0.29) is 0 Å². The number of carboxylic acid groups (broad SMARTS) is 1. The Morgan fingerprint density at radius 3 is 2.75 bits per heavy atom. The van der Waals surface area contributed by atoms with E-state index < -0.39 is 11.2 Å². The number of aliphatic carboxylic acids is 1. The number of thioether (sulfide) groups is 2. The maximum atomic E-state index is 11.1. The summed E-state index contributed by atoms with van der Waals surface area (Å²) >= 11 is 2.87. The summed E-state index contributed by atoms with van der Waals surface area (Å²) in [5.74, 6) is -0.122. The van der Waals surface area contributed by atoms with Gasteiger partial charge in [0.1, 0.15) is 4.38 Å². The second kappa shape index (κ2) is 5.41. The van der Waals surface area contributed by atoms with Crippen LogP contribution in [-0.4, -0.2) is 22.6 Å². The quantitative estimate of drug-likeness (QED) is 0.814. The van der Waals surface area contributed by atoms with E-state index in [1.807, 2.05) is 18.2 Å². The van der Waals surface area contributed by atoms with Crippen LogP contribution in [0.15, 0.2) is 35.3 Å². The molecule has 0 saturated heterocycles. The second-order valence-electron chi connectivity index (χ2n) is 3.22. The molecular weight excluding hydrogens is 242 g/mol. The second-order valence-corrected chi connectivity index (χ2v) is 5.66. The van der Waals surface area contributed by atoms with Crippen molar-refractivity contribution in [1.82, 2.24) is 0 Å². The molecule has 2 rings (SSSR count). The molecule has 1 atom stereocenters. The largest absolute Gasteiger partial charge is 0.549 e. The normalized spacial score (nSPS) is 16.9. The number of nitrogens with zero attached hydrogens (tertiary/aromatic N) is 1. The van der Waals surface area contributed by atoms with Gasteiger partial charge in [-0.15, -0.1) is 0 Å². The summed E-state index contributed by atoms with van der Waals surface area (Å²) in [5, 5.41) is 10.4. The van der Waals surface area contributed by atoms with Crippen LogP contribution in [0.1, 0.15) is 10.8 Å². The minimum atomic E-state index is -1.06. The Balaban J connectivity index is 2.14. The Hall–Kier alpha value is -0.940. The predicted molar refractivity (Wildman–Crippen MR) is 66.5 cm³/mol. The lowest BCUT2D eigenvalue weighted by Crippen LogP contribution is -2.28. The molecule has 0 saturated carbocycles. The van der Waals surface area contributed by atoms with Crippen LogP contribution in [0.25, 0.3) is 0 Å². The van der Waals surface area contributed by atoms with Gasteiger partial charge in [0.05, 0.1) is 17.8 Å². The molecule has 0 fully saturated rings. The van der Waals surface area contributed by atoms with Crippen LogP contribution in [0.3, 0.4) is 0 Å². The lowest BCUT2D eigenvalue weighted by Gasteiger charge is -2.17. The first kappa shape index (κ1) is 11.5. The molecule has 1 heterocycles. The molecule has 0 aliphatic carbocycles. The van der Waals surface area contributed by atoms with Crippen LogP contribution in [0, 0.1) is 0 Å². The summed E-state index contributed by atoms with van der Waals surface area (Å²) in [5.41, 5.74) is 0.753. The molecule has 0 radical (unpaired) electrons. The summed E-state index contributed by atoms with van der Waals surface area (Å²) in [4.78, 5) is 15.3. The molecule has 0 unspecified atom stereocenters. The smallest absolute Gasteiger partial charge is 0.125 e. The van der Waals surface area contributed by atoms with E-state index in [2.05, 4.69) is 4.99 Å². The third kappa shape index (κ3) is 2.80. The van der Waals surface area contributed by atoms with Gasteiger partial charge in [-0.25, -0.2) is 0 Å². The Kier molecular flexibility index (Phi) is 3.90. The summed E-state index contributed by atoms with van der Waals surface area (Å²) in [6, 6.07) is 9.12. The maximum Gasteiger partial charge on any atom is 0.125 e. The molecule has 3 nitrogen and oxygen atoms in total. The first-order chi connectivity index (χ1) is 7.77. The lowest BCUT2D eigenvalue weighted by atomic mass is 10.1. The number of carbonyl (C=O) groups is 1. The van der Waals surface area contributed by atoms with Crippen LogP contribution < -0.4 is 5.11 Å². The fraction of sp³-hybridized carbons (Fsp3) is 0.273. The number of hydrogen-bond acceptors (Lipinski definition) is 5. The summed E-state index contributed by atoms with van der Waals surface area (Å²) in [6.45, 7) is 0.779. The average molecular weight is 252 g/mol. The fourth-order valence-electron chi connectivity index (χ4n) is 1.37. The number of benzene rings is 1. The third-order valence-corrected chi connectivity index (χ3v) is 4.53. The van der Waals surface area contributed by atoms with Crippen molar-refractivity contribution < 1.29 is 9.90 Å². The number of rotatable bonds is 3. The molecular formula is C11H10NO2S2-. The van der Waals surface area contributed by atoms with Gasteiger partial charge < -0.3 is 9.90 Å². The molecule has 1 aromatic carbocycles. The van der Waals surface area contributed by atoms with E-state index >= 15 is 0 Å². The summed E-state index contributed by atoms with van der Waals surface area (Å²) in [6.07, 6.45) is 0. The first-order valence-electron chi connectivity index (χ1n) is 4.87. The maximum absolute atomic E-state index is 11.1. The van der Waals surface area contributed by atoms with Gasteiger partial charge in [0.2, 0.25) is 0 Å². The average Bonchev–Trinajstić information content (AvgIpc) is 2.79. The zero-order valence-corrected chi connectivity index (χ0v) is 10.1. The van der Waals surface area contributed by atoms with Crippen LogP contribution in [0.2, 0.25) is 0 Å². The van der Waals surface area contributed by atoms with E-state index in [4.69, 9.17) is 0 Å². The number of aliphatic imine (C=N–C) groups is 1. The first-order valence-corrected chi connectivity index (χ1v) is 6.73. The Bertz CT molecular complexity index is 406. The van der Waals surface area contributed by atoms with Gasteiger partial charge >= 0.3 is 0 Å². The van der Waals surface area contributed by atoms with Gasteiger partial charge in [-0.05, 0) is 5.56 Å². The van der Waals surface area contributed by atoms with Crippen LogP contribution in [-0.2, 0) is 4.79 Å². The van der Waals surface area contributed by atoms with Crippen molar-refractivity contribution in [2.45, 2.75) is 5.25 Å². The van der Waals surface area contributed by atoms with Crippen molar-refractivity contribution in [3.8, 4) is 0 Å². The number of carbonyl (C=O) groups excluding carboxylic acids is 1. The highest BCUT2D eigenvalue weighted by molar-refractivity contribution is 8.39. The van der Waals surface area contributed by atoms with E-state index in [0.717, 1.165) is 22.2 Å². The zero-order valence-electron chi connectivity index (χ0n) is 8.46. The van der Waals surface area contributed by atoms with E-state index in [1.165, 1.54) is 11.8 Å². The van der Waals surface area contributed by atoms with Crippen molar-refractivity contribution >= 4 is 33.9 Å². The summed E-state index contributed by atoms with van der Waals surface area (Å²) in [7, 11) is 0. The molecule has 1 aliphatic heterocycles. The van der Waals surface area contributed by atoms with Gasteiger partial charge in [0, 0.05) is 5.75 Å². The molecule has 1 aliphatic rings. The molecule has 0 spiro atoms. The Morgan fingerprint density at radius 2 is 2.19 bits per heavy atom. The molecule has 1 aromatic rings. The van der Waals surface area contributed by atoms with E-state index in [0.29, 0.717) is 0 Å².